The predicted octanol–water partition coefficient (Wildman–Crippen LogP) is 4.25. The van der Waals surface area contributed by atoms with Gasteiger partial charge in [-0.1, -0.05) is 30.7 Å². The zero-order valence-electron chi connectivity index (χ0n) is 15.8. The van der Waals surface area contributed by atoms with Crippen LogP contribution < -0.4 is 4.72 Å². The molecule has 1 aromatic heterocycles. The SMILES string of the molecule is CCSc1cccc(Cl)c1S(=O)(=O)NC(=O)c1cn(C)c(-c2c(F)cccc2F)n1. The van der Waals surface area contributed by atoms with Gasteiger partial charge in [0.05, 0.1) is 10.6 Å². The van der Waals surface area contributed by atoms with Gasteiger partial charge in [-0.15, -0.1) is 11.8 Å². The van der Waals surface area contributed by atoms with Gasteiger partial charge in [-0.3, -0.25) is 4.79 Å². The summed E-state index contributed by atoms with van der Waals surface area (Å²) in [5.74, 6) is -2.34. The third kappa shape index (κ3) is 4.35. The first-order valence-electron chi connectivity index (χ1n) is 8.62. The third-order valence-corrected chi connectivity index (χ3v) is 6.95. The molecule has 2 aromatic carbocycles. The quantitative estimate of drug-likeness (QED) is 0.543. The number of carbonyl (C=O) groups is 1. The highest BCUT2D eigenvalue weighted by Crippen LogP contribution is 2.32. The number of nitrogens with one attached hydrogen (secondary N) is 1. The summed E-state index contributed by atoms with van der Waals surface area (Å²) in [4.78, 5) is 16.7. The van der Waals surface area contributed by atoms with Crippen LogP contribution in [0.25, 0.3) is 11.4 Å². The molecule has 0 spiro atoms. The first-order chi connectivity index (χ1) is 14.2. The number of nitrogens with zero attached hydrogens (tertiary/aromatic N) is 2. The molecule has 0 aliphatic carbocycles. The molecule has 0 atom stereocenters. The van der Waals surface area contributed by atoms with Crippen molar-refractivity contribution in [2.45, 2.75) is 16.7 Å². The minimum Gasteiger partial charge on any atom is -0.333 e. The molecule has 1 heterocycles. The van der Waals surface area contributed by atoms with Gasteiger partial charge in [0.1, 0.15) is 28.0 Å². The molecule has 0 unspecified atom stereocenters. The number of aryl methyl sites for hydroxylation is 1. The summed E-state index contributed by atoms with van der Waals surface area (Å²) < 4.78 is 56.9. The maximum absolute atomic E-state index is 14.1. The van der Waals surface area contributed by atoms with Gasteiger partial charge in [-0.2, -0.15) is 0 Å². The van der Waals surface area contributed by atoms with Crippen LogP contribution in [0.2, 0.25) is 5.02 Å². The van der Waals surface area contributed by atoms with E-state index in [0.29, 0.717) is 10.6 Å². The summed E-state index contributed by atoms with van der Waals surface area (Å²) >= 11 is 7.33. The average molecular weight is 472 g/mol. The Balaban J connectivity index is 1.96. The van der Waals surface area contributed by atoms with Crippen molar-refractivity contribution in [3.8, 4) is 11.4 Å². The Kier molecular flexibility index (Phi) is 6.49. The molecule has 6 nitrogen and oxygen atoms in total. The molecule has 30 heavy (non-hydrogen) atoms. The Morgan fingerprint density at radius 3 is 2.47 bits per heavy atom. The number of carbonyl (C=O) groups excluding carboxylic acids is 1. The van der Waals surface area contributed by atoms with Crippen LogP contribution in [0, 0.1) is 11.6 Å². The van der Waals surface area contributed by atoms with Crippen molar-refractivity contribution in [2.24, 2.45) is 7.05 Å². The Morgan fingerprint density at radius 2 is 1.83 bits per heavy atom. The summed E-state index contributed by atoms with van der Waals surface area (Å²) in [6.07, 6.45) is 1.18. The molecular weight excluding hydrogens is 456 g/mol. The Hall–Kier alpha value is -2.43. The van der Waals surface area contributed by atoms with E-state index in [4.69, 9.17) is 11.6 Å². The number of sulfonamides is 1. The normalized spacial score (nSPS) is 11.5. The Morgan fingerprint density at radius 1 is 1.20 bits per heavy atom. The molecule has 11 heteroatoms. The maximum atomic E-state index is 14.1. The van der Waals surface area contributed by atoms with Gasteiger partial charge in [-0.05, 0) is 30.0 Å². The number of imidazole rings is 1. The van der Waals surface area contributed by atoms with Gasteiger partial charge >= 0.3 is 0 Å². The first kappa shape index (κ1) is 22.3. The predicted molar refractivity (Wildman–Crippen MR) is 111 cm³/mol. The van der Waals surface area contributed by atoms with Crippen molar-refractivity contribution in [3.05, 3.63) is 64.9 Å². The van der Waals surface area contributed by atoms with E-state index < -0.39 is 33.1 Å². The summed E-state index contributed by atoms with van der Waals surface area (Å²) in [5, 5.41) is -0.0381. The van der Waals surface area contributed by atoms with Gasteiger partial charge in [0.15, 0.2) is 0 Å². The van der Waals surface area contributed by atoms with E-state index in [2.05, 4.69) is 4.98 Å². The highest BCUT2D eigenvalue weighted by Gasteiger charge is 2.27. The van der Waals surface area contributed by atoms with E-state index >= 15 is 0 Å². The molecule has 3 aromatic rings. The molecule has 3 rings (SSSR count). The van der Waals surface area contributed by atoms with Crippen LogP contribution in [-0.4, -0.2) is 29.6 Å². The lowest BCUT2D eigenvalue weighted by Crippen LogP contribution is -2.31. The van der Waals surface area contributed by atoms with E-state index in [1.54, 1.807) is 12.1 Å². The van der Waals surface area contributed by atoms with Gasteiger partial charge in [0.25, 0.3) is 15.9 Å². The van der Waals surface area contributed by atoms with Crippen molar-refractivity contribution < 1.29 is 22.0 Å². The van der Waals surface area contributed by atoms with Crippen LogP contribution in [0.4, 0.5) is 8.78 Å². The minimum atomic E-state index is -4.33. The van der Waals surface area contributed by atoms with Crippen LogP contribution in [0.5, 0.6) is 0 Å². The molecular formula is C19H16ClF2N3O3S2. The monoisotopic (exact) mass is 471 g/mol. The van der Waals surface area contributed by atoms with Gasteiger partial charge in [-0.25, -0.2) is 26.9 Å². The highest BCUT2D eigenvalue weighted by atomic mass is 35.5. The lowest BCUT2D eigenvalue weighted by Gasteiger charge is -2.11. The Bertz CT molecular complexity index is 1210. The van der Waals surface area contributed by atoms with E-state index in [1.807, 2.05) is 11.6 Å². The lowest BCUT2D eigenvalue weighted by molar-refractivity contribution is 0.0977. The molecule has 0 aliphatic heterocycles. The molecule has 0 saturated heterocycles. The van der Waals surface area contributed by atoms with E-state index in [-0.39, 0.29) is 21.4 Å². The van der Waals surface area contributed by atoms with Crippen LogP contribution in [0.1, 0.15) is 17.4 Å². The largest absolute Gasteiger partial charge is 0.333 e. The number of halogens is 3. The number of thioether (sulfide) groups is 1. The zero-order valence-corrected chi connectivity index (χ0v) is 18.2. The average Bonchev–Trinajstić information content (AvgIpc) is 3.03. The molecule has 0 radical (unpaired) electrons. The number of rotatable bonds is 6. The molecule has 1 amide bonds. The van der Waals surface area contributed by atoms with Crippen LogP contribution in [0.3, 0.4) is 0 Å². The minimum absolute atomic E-state index is 0.0381. The van der Waals surface area contributed by atoms with Crippen LogP contribution >= 0.6 is 23.4 Å². The molecule has 0 aliphatic rings. The fourth-order valence-corrected chi connectivity index (χ4v) is 5.64. The molecule has 0 bridgehead atoms. The number of hydrogen-bond acceptors (Lipinski definition) is 5. The van der Waals surface area contributed by atoms with E-state index in [0.717, 1.165) is 12.1 Å². The van der Waals surface area contributed by atoms with Crippen molar-refractivity contribution in [2.75, 3.05) is 5.75 Å². The van der Waals surface area contributed by atoms with Crippen molar-refractivity contribution in [1.82, 2.24) is 14.3 Å². The van der Waals surface area contributed by atoms with E-state index in [1.165, 1.54) is 41.7 Å². The second-order valence-electron chi connectivity index (χ2n) is 6.09. The Labute approximate surface area is 181 Å². The first-order valence-corrected chi connectivity index (χ1v) is 11.5. The molecule has 0 fully saturated rings. The van der Waals surface area contributed by atoms with Gasteiger partial charge in [0, 0.05) is 18.1 Å². The molecule has 158 valence electrons. The fraction of sp³-hybridized carbons (Fsp3) is 0.158. The van der Waals surface area contributed by atoms with Crippen molar-refractivity contribution in [3.63, 3.8) is 0 Å². The summed E-state index contributed by atoms with van der Waals surface area (Å²) in [5.41, 5.74) is -0.745. The highest BCUT2D eigenvalue weighted by molar-refractivity contribution is 8.00. The number of benzene rings is 2. The van der Waals surface area contributed by atoms with Crippen molar-refractivity contribution in [1.29, 1.82) is 0 Å². The summed E-state index contributed by atoms with van der Waals surface area (Å²) in [6.45, 7) is 1.85. The van der Waals surface area contributed by atoms with E-state index in [9.17, 15) is 22.0 Å². The number of amides is 1. The second-order valence-corrected chi connectivity index (χ2v) is 9.42. The second kappa shape index (κ2) is 8.75. The zero-order chi connectivity index (χ0) is 22.1. The number of aromatic nitrogens is 2. The van der Waals surface area contributed by atoms with Crippen LogP contribution in [-0.2, 0) is 17.1 Å². The maximum Gasteiger partial charge on any atom is 0.285 e. The summed E-state index contributed by atoms with van der Waals surface area (Å²) in [6, 6.07) is 7.91. The third-order valence-electron chi connectivity index (χ3n) is 4.02. The topological polar surface area (TPSA) is 81.1 Å². The van der Waals surface area contributed by atoms with Gasteiger partial charge in [0.2, 0.25) is 0 Å². The van der Waals surface area contributed by atoms with Crippen molar-refractivity contribution >= 4 is 39.3 Å². The summed E-state index contributed by atoms with van der Waals surface area (Å²) in [7, 11) is -2.89. The number of hydrogen-bond donors (Lipinski definition) is 1. The lowest BCUT2D eigenvalue weighted by atomic mass is 10.2. The molecule has 1 N–H and O–H groups in total. The van der Waals surface area contributed by atoms with Crippen LogP contribution in [0.15, 0.2) is 52.4 Å². The smallest absolute Gasteiger partial charge is 0.285 e. The van der Waals surface area contributed by atoms with Gasteiger partial charge < -0.3 is 4.57 Å². The fourth-order valence-electron chi connectivity index (χ4n) is 2.76. The standard InChI is InChI=1S/C19H16ClF2N3O3S2/c1-3-29-15-9-4-6-11(20)17(15)30(27,28)24-19(26)14-10-25(2)18(23-14)16-12(21)7-5-8-13(16)22/h4-10H,3H2,1-2H3,(H,24,26). The molecule has 0 saturated carbocycles.